The molecule has 34 heavy (non-hydrogen) atoms. The van der Waals surface area contributed by atoms with Crippen LogP contribution < -0.4 is 14.8 Å². The van der Waals surface area contributed by atoms with E-state index in [4.69, 9.17) is 9.47 Å². The first kappa shape index (κ1) is 25.5. The van der Waals surface area contributed by atoms with Crippen molar-refractivity contribution in [1.82, 2.24) is 14.1 Å². The number of rotatable bonds is 9. The van der Waals surface area contributed by atoms with Gasteiger partial charge in [-0.25, -0.2) is 8.42 Å². The maximum absolute atomic E-state index is 13.1. The van der Waals surface area contributed by atoms with E-state index in [1.54, 1.807) is 35.0 Å². The number of hydrogen-bond acceptors (Lipinski definition) is 7. The van der Waals surface area contributed by atoms with Crippen molar-refractivity contribution >= 4 is 27.5 Å². The number of piperazine rings is 1. The lowest BCUT2D eigenvalue weighted by atomic mass is 10.3. The van der Waals surface area contributed by atoms with E-state index in [0.29, 0.717) is 17.2 Å². The number of sulfonamides is 1. The molecule has 0 bridgehead atoms. The van der Waals surface area contributed by atoms with Crippen molar-refractivity contribution in [3.63, 3.8) is 0 Å². The fraction of sp³-hybridized carbons (Fsp3) is 0.391. The lowest BCUT2D eigenvalue weighted by molar-refractivity contribution is -0.133. The molecule has 1 heterocycles. The fourth-order valence-electron chi connectivity index (χ4n) is 3.66. The highest BCUT2D eigenvalue weighted by molar-refractivity contribution is 7.89. The average molecular weight is 491 g/mol. The molecule has 0 atom stereocenters. The Morgan fingerprint density at radius 3 is 2.21 bits per heavy atom. The zero-order valence-electron chi connectivity index (χ0n) is 19.6. The number of carbonyl (C=O) groups excluding carboxylic acids is 2. The number of amides is 2. The van der Waals surface area contributed by atoms with Gasteiger partial charge in [0.15, 0.2) is 11.5 Å². The predicted octanol–water partition coefficient (Wildman–Crippen LogP) is 1.11. The summed E-state index contributed by atoms with van der Waals surface area (Å²) in [6.45, 7) is 1.03. The van der Waals surface area contributed by atoms with E-state index in [1.807, 2.05) is 18.2 Å². The van der Waals surface area contributed by atoms with Gasteiger partial charge in [0.25, 0.3) is 0 Å². The monoisotopic (exact) mass is 490 g/mol. The molecule has 0 radical (unpaired) electrons. The number of carbonyl (C=O) groups is 2. The maximum atomic E-state index is 13.1. The van der Waals surface area contributed by atoms with Crippen molar-refractivity contribution in [3.8, 4) is 11.5 Å². The molecular formula is C23H30N4O6S. The quantitative estimate of drug-likeness (QED) is 0.561. The van der Waals surface area contributed by atoms with Crippen LogP contribution in [0, 0.1) is 0 Å². The lowest BCUT2D eigenvalue weighted by Gasteiger charge is -2.34. The molecular weight excluding hydrogens is 460 g/mol. The van der Waals surface area contributed by atoms with Crippen LogP contribution in [-0.4, -0.2) is 94.9 Å². The van der Waals surface area contributed by atoms with Gasteiger partial charge in [0.1, 0.15) is 0 Å². The molecule has 1 aliphatic heterocycles. The van der Waals surface area contributed by atoms with Crippen molar-refractivity contribution < 1.29 is 27.5 Å². The van der Waals surface area contributed by atoms with E-state index in [2.05, 4.69) is 5.32 Å². The Morgan fingerprint density at radius 1 is 0.941 bits per heavy atom. The Morgan fingerprint density at radius 2 is 1.59 bits per heavy atom. The molecule has 0 aliphatic carbocycles. The molecule has 1 saturated heterocycles. The van der Waals surface area contributed by atoms with Crippen LogP contribution >= 0.6 is 0 Å². The third kappa shape index (κ3) is 6.25. The normalized spacial score (nSPS) is 14.6. The highest BCUT2D eigenvalue weighted by Crippen LogP contribution is 2.30. The molecule has 1 aliphatic rings. The molecule has 3 rings (SSSR count). The molecule has 0 spiro atoms. The third-order valence-electron chi connectivity index (χ3n) is 5.46. The second-order valence-corrected chi connectivity index (χ2v) is 9.83. The van der Waals surface area contributed by atoms with Gasteiger partial charge in [-0.1, -0.05) is 18.2 Å². The van der Waals surface area contributed by atoms with Gasteiger partial charge in [-0.05, 0) is 31.3 Å². The van der Waals surface area contributed by atoms with Gasteiger partial charge in [-0.3, -0.25) is 14.5 Å². The smallest absolute Gasteiger partial charge is 0.243 e. The van der Waals surface area contributed by atoms with E-state index < -0.39 is 10.0 Å². The summed E-state index contributed by atoms with van der Waals surface area (Å²) in [5.41, 5.74) is 0.694. The number of nitrogens with zero attached hydrogens (tertiary/aromatic N) is 3. The summed E-state index contributed by atoms with van der Waals surface area (Å²) >= 11 is 0. The zero-order valence-corrected chi connectivity index (χ0v) is 20.4. The highest BCUT2D eigenvalue weighted by atomic mass is 32.2. The van der Waals surface area contributed by atoms with E-state index in [9.17, 15) is 18.0 Å². The van der Waals surface area contributed by atoms with Crippen molar-refractivity contribution in [3.05, 3.63) is 48.5 Å². The zero-order chi connectivity index (χ0) is 24.7. The van der Waals surface area contributed by atoms with Gasteiger partial charge in [0.2, 0.25) is 21.8 Å². The standard InChI is InChI=1S/C23H30N4O6S/c1-25(16-22(28)24-18-7-5-4-6-8-18)17-23(29)26-11-13-27(14-12-26)34(30,31)19-9-10-20(32-2)21(15-19)33-3/h4-10,15H,11-14,16-17H2,1-3H3,(H,24,28). The molecule has 11 heteroatoms. The molecule has 2 aromatic rings. The SMILES string of the molecule is COc1ccc(S(=O)(=O)N2CCN(C(=O)CN(C)CC(=O)Nc3ccccc3)CC2)cc1OC. The van der Waals surface area contributed by atoms with Gasteiger partial charge in [-0.15, -0.1) is 0 Å². The first-order chi connectivity index (χ1) is 16.2. The van der Waals surface area contributed by atoms with Crippen LogP contribution in [0.15, 0.2) is 53.4 Å². The Balaban J connectivity index is 1.51. The summed E-state index contributed by atoms with van der Waals surface area (Å²) < 4.78 is 37.8. The summed E-state index contributed by atoms with van der Waals surface area (Å²) in [5.74, 6) is 0.403. The number of ether oxygens (including phenoxy) is 2. The number of hydrogen-bond donors (Lipinski definition) is 1. The summed E-state index contributed by atoms with van der Waals surface area (Å²) in [6, 6.07) is 13.6. The van der Waals surface area contributed by atoms with Crippen molar-refractivity contribution in [2.45, 2.75) is 4.90 Å². The van der Waals surface area contributed by atoms with Gasteiger partial charge >= 0.3 is 0 Å². The van der Waals surface area contributed by atoms with Gasteiger partial charge in [-0.2, -0.15) is 4.31 Å². The van der Waals surface area contributed by atoms with Crippen LogP contribution in [-0.2, 0) is 19.6 Å². The molecule has 0 unspecified atom stereocenters. The largest absolute Gasteiger partial charge is 0.493 e. The van der Waals surface area contributed by atoms with Crippen LogP contribution in [0.5, 0.6) is 11.5 Å². The third-order valence-corrected chi connectivity index (χ3v) is 7.36. The molecule has 0 saturated carbocycles. The van der Waals surface area contributed by atoms with E-state index >= 15 is 0 Å². The lowest BCUT2D eigenvalue weighted by Crippen LogP contribution is -2.52. The predicted molar refractivity (Wildman–Crippen MR) is 127 cm³/mol. The molecule has 1 fully saturated rings. The van der Waals surface area contributed by atoms with Gasteiger partial charge in [0, 0.05) is 37.9 Å². The molecule has 2 aromatic carbocycles. The van der Waals surface area contributed by atoms with E-state index in [1.165, 1.54) is 30.7 Å². The summed E-state index contributed by atoms with van der Waals surface area (Å²) in [7, 11) is 0.881. The summed E-state index contributed by atoms with van der Waals surface area (Å²) in [6.07, 6.45) is 0. The van der Waals surface area contributed by atoms with Crippen molar-refractivity contribution in [2.24, 2.45) is 0 Å². The van der Waals surface area contributed by atoms with Crippen molar-refractivity contribution in [2.75, 3.05) is 65.9 Å². The number of anilines is 1. The number of likely N-dealkylation sites (N-methyl/N-ethyl adjacent to an activating group) is 1. The Hall–Kier alpha value is -3.15. The minimum atomic E-state index is -3.74. The first-order valence-electron chi connectivity index (χ1n) is 10.8. The minimum absolute atomic E-state index is 0.0602. The molecule has 0 aromatic heterocycles. The van der Waals surface area contributed by atoms with Crippen LogP contribution in [0.2, 0.25) is 0 Å². The maximum Gasteiger partial charge on any atom is 0.243 e. The van der Waals surface area contributed by atoms with Crippen LogP contribution in [0.25, 0.3) is 0 Å². The number of para-hydroxylation sites is 1. The molecule has 1 N–H and O–H groups in total. The summed E-state index contributed by atoms with van der Waals surface area (Å²) in [4.78, 5) is 28.2. The fourth-order valence-corrected chi connectivity index (χ4v) is 5.10. The van der Waals surface area contributed by atoms with Crippen LogP contribution in [0.1, 0.15) is 0 Å². The van der Waals surface area contributed by atoms with Gasteiger partial charge < -0.3 is 19.7 Å². The van der Waals surface area contributed by atoms with E-state index in [0.717, 1.165) is 0 Å². The Bertz CT molecular complexity index is 1100. The topological polar surface area (TPSA) is 108 Å². The first-order valence-corrected chi connectivity index (χ1v) is 12.2. The van der Waals surface area contributed by atoms with Crippen LogP contribution in [0.4, 0.5) is 5.69 Å². The highest BCUT2D eigenvalue weighted by Gasteiger charge is 2.31. The molecule has 2 amide bonds. The van der Waals surface area contributed by atoms with E-state index in [-0.39, 0.29) is 56.0 Å². The summed E-state index contributed by atoms with van der Waals surface area (Å²) in [5, 5.41) is 2.78. The Labute approximate surface area is 200 Å². The van der Waals surface area contributed by atoms with Crippen molar-refractivity contribution in [1.29, 1.82) is 0 Å². The Kier molecular flexibility index (Phi) is 8.48. The van der Waals surface area contributed by atoms with Gasteiger partial charge in [0.05, 0.1) is 32.2 Å². The molecule has 10 nitrogen and oxygen atoms in total. The second-order valence-electron chi connectivity index (χ2n) is 7.89. The molecule has 184 valence electrons. The second kappa shape index (κ2) is 11.3. The number of methoxy groups -OCH3 is 2. The number of nitrogens with one attached hydrogen (secondary N) is 1. The average Bonchev–Trinajstić information content (AvgIpc) is 2.84. The minimum Gasteiger partial charge on any atom is -0.493 e. The number of benzene rings is 2. The van der Waals surface area contributed by atoms with Crippen LogP contribution in [0.3, 0.4) is 0 Å².